The third-order valence-electron chi connectivity index (χ3n) is 8.34. The van der Waals surface area contributed by atoms with Gasteiger partial charge in [-0.15, -0.1) is 0 Å². The molecule has 3 aliphatic rings. The summed E-state index contributed by atoms with van der Waals surface area (Å²) in [5, 5.41) is 0. The van der Waals surface area contributed by atoms with Gasteiger partial charge in [-0.05, 0) is 67.9 Å². The molecule has 2 saturated heterocycles. The Hall–Kier alpha value is -2.90. The maximum atomic E-state index is 14.7. The van der Waals surface area contributed by atoms with Gasteiger partial charge in [0.15, 0.2) is 5.75 Å². The van der Waals surface area contributed by atoms with Gasteiger partial charge in [0.2, 0.25) is 11.9 Å². The molecule has 1 aromatic heterocycles. The average molecular weight is 511 g/mol. The van der Waals surface area contributed by atoms with Crippen LogP contribution < -0.4 is 14.4 Å². The van der Waals surface area contributed by atoms with E-state index in [2.05, 4.69) is 14.9 Å². The van der Waals surface area contributed by atoms with Crippen molar-refractivity contribution in [3.63, 3.8) is 0 Å². The van der Waals surface area contributed by atoms with Crippen molar-refractivity contribution in [3.8, 4) is 11.5 Å². The molecule has 0 radical (unpaired) electrons. The van der Waals surface area contributed by atoms with Gasteiger partial charge in [-0.25, -0.2) is 14.4 Å². The first-order valence-electron chi connectivity index (χ1n) is 13.9. The van der Waals surface area contributed by atoms with Gasteiger partial charge in [-0.1, -0.05) is 18.9 Å². The van der Waals surface area contributed by atoms with Gasteiger partial charge in [-0.3, -0.25) is 4.79 Å². The lowest BCUT2D eigenvalue weighted by Crippen LogP contribution is -2.35. The number of amides is 1. The number of likely N-dealkylation sites (tertiary alicyclic amines) is 1. The molecule has 0 N–H and O–H groups in total. The molecule has 2 aliphatic heterocycles. The summed E-state index contributed by atoms with van der Waals surface area (Å²) < 4.78 is 25.7. The number of piperidine rings is 1. The molecule has 1 aromatic carbocycles. The molecule has 0 spiro atoms. The quantitative estimate of drug-likeness (QED) is 0.479. The molecule has 1 amide bonds. The Labute approximate surface area is 219 Å². The van der Waals surface area contributed by atoms with Crippen molar-refractivity contribution in [1.82, 2.24) is 14.9 Å². The first-order chi connectivity index (χ1) is 18.1. The molecule has 1 aliphatic carbocycles. The monoisotopic (exact) mass is 510 g/mol. The molecule has 7 nitrogen and oxygen atoms in total. The van der Waals surface area contributed by atoms with E-state index in [1.54, 1.807) is 31.6 Å². The Kier molecular flexibility index (Phi) is 8.41. The maximum absolute atomic E-state index is 14.7. The molecule has 200 valence electrons. The first kappa shape index (κ1) is 25.7. The summed E-state index contributed by atoms with van der Waals surface area (Å²) in [5.41, 5.74) is 0.454. The maximum Gasteiger partial charge on any atom is 0.227 e. The normalized spacial score (nSPS) is 22.4. The number of carbonyl (C=O) groups excluding carboxylic acids is 1. The van der Waals surface area contributed by atoms with Crippen LogP contribution in [0.2, 0.25) is 0 Å². The largest absolute Gasteiger partial charge is 0.494 e. The standard InChI is InChI=1S/C29H39FN4O3/c1-36-25-19-31-29(32-20-25)34-13-8-21(9-14-34)26-16-22(26)10-15-37-24-7-6-23(27(30)18-24)17-28(35)33-11-4-2-3-5-12-33/h6-7,18-22,26H,2-5,8-17H2,1H3/t22-,26-/m1/s1. The van der Waals surface area contributed by atoms with Crippen molar-refractivity contribution >= 4 is 11.9 Å². The number of halogens is 1. The van der Waals surface area contributed by atoms with Crippen molar-refractivity contribution in [3.05, 3.63) is 42.0 Å². The van der Waals surface area contributed by atoms with E-state index in [0.717, 1.165) is 63.2 Å². The Bertz CT molecular complexity index is 1030. The molecule has 1 saturated carbocycles. The zero-order valence-electron chi connectivity index (χ0n) is 21.9. The van der Waals surface area contributed by atoms with Crippen molar-refractivity contribution < 1.29 is 18.7 Å². The molecule has 0 unspecified atom stereocenters. The highest BCUT2D eigenvalue weighted by Crippen LogP contribution is 2.49. The number of nitrogens with zero attached hydrogens (tertiary/aromatic N) is 4. The fraction of sp³-hybridized carbons (Fsp3) is 0.621. The zero-order valence-corrected chi connectivity index (χ0v) is 21.9. The number of hydrogen-bond acceptors (Lipinski definition) is 6. The highest BCUT2D eigenvalue weighted by molar-refractivity contribution is 5.78. The van der Waals surface area contributed by atoms with E-state index < -0.39 is 0 Å². The highest BCUT2D eigenvalue weighted by atomic mass is 19.1. The second-order valence-corrected chi connectivity index (χ2v) is 10.8. The predicted octanol–water partition coefficient (Wildman–Crippen LogP) is 4.89. The smallest absolute Gasteiger partial charge is 0.227 e. The fourth-order valence-corrected chi connectivity index (χ4v) is 5.97. The third kappa shape index (κ3) is 6.70. The Morgan fingerprint density at radius 3 is 2.43 bits per heavy atom. The number of ether oxygens (including phenoxy) is 2. The number of methoxy groups -OCH3 is 1. The van der Waals surface area contributed by atoms with Crippen molar-refractivity contribution in [1.29, 1.82) is 0 Å². The van der Waals surface area contributed by atoms with Crippen LogP contribution in [0.25, 0.3) is 0 Å². The van der Waals surface area contributed by atoms with E-state index >= 15 is 0 Å². The molecule has 3 fully saturated rings. The van der Waals surface area contributed by atoms with Gasteiger partial charge in [-0.2, -0.15) is 0 Å². The lowest BCUT2D eigenvalue weighted by molar-refractivity contribution is -0.130. The topological polar surface area (TPSA) is 67.8 Å². The molecular weight excluding hydrogens is 471 g/mol. The summed E-state index contributed by atoms with van der Waals surface area (Å²) in [6.45, 7) is 4.16. The molecule has 3 heterocycles. The fourth-order valence-electron chi connectivity index (χ4n) is 5.97. The lowest BCUT2D eigenvalue weighted by Gasteiger charge is -2.32. The van der Waals surface area contributed by atoms with Gasteiger partial charge < -0.3 is 19.3 Å². The van der Waals surface area contributed by atoms with Crippen LogP contribution >= 0.6 is 0 Å². The minimum atomic E-state index is -0.349. The summed E-state index contributed by atoms with van der Waals surface area (Å²) in [6, 6.07) is 4.95. The van der Waals surface area contributed by atoms with Crippen LogP contribution in [-0.2, 0) is 11.2 Å². The van der Waals surface area contributed by atoms with Gasteiger partial charge in [0.1, 0.15) is 11.6 Å². The summed E-state index contributed by atoms with van der Waals surface area (Å²) in [7, 11) is 1.62. The summed E-state index contributed by atoms with van der Waals surface area (Å²) >= 11 is 0. The second kappa shape index (κ2) is 12.1. The van der Waals surface area contributed by atoms with Crippen LogP contribution in [0.3, 0.4) is 0 Å². The third-order valence-corrected chi connectivity index (χ3v) is 8.34. The second-order valence-electron chi connectivity index (χ2n) is 10.8. The van der Waals surface area contributed by atoms with E-state index in [1.165, 1.54) is 38.2 Å². The van der Waals surface area contributed by atoms with Crippen LogP contribution in [0.15, 0.2) is 30.6 Å². The molecule has 8 heteroatoms. The SMILES string of the molecule is COc1cnc(N2CCC([C@H]3C[C@H]3CCOc3ccc(CC(=O)N4CCCCCC4)c(F)c3)CC2)nc1. The molecule has 2 atom stereocenters. The number of anilines is 1. The number of benzene rings is 1. The van der Waals surface area contributed by atoms with Crippen LogP contribution in [0, 0.1) is 23.6 Å². The Morgan fingerprint density at radius 1 is 1.03 bits per heavy atom. The molecule has 5 rings (SSSR count). The Morgan fingerprint density at radius 2 is 1.76 bits per heavy atom. The van der Waals surface area contributed by atoms with E-state index in [4.69, 9.17) is 9.47 Å². The van der Waals surface area contributed by atoms with Crippen LogP contribution in [0.5, 0.6) is 11.5 Å². The summed E-state index contributed by atoms with van der Waals surface area (Å²) in [4.78, 5) is 25.6. The average Bonchev–Trinajstić information content (AvgIpc) is 3.74. The van der Waals surface area contributed by atoms with Crippen LogP contribution in [0.1, 0.15) is 56.9 Å². The zero-order chi connectivity index (χ0) is 25.6. The van der Waals surface area contributed by atoms with E-state index in [1.807, 2.05) is 4.90 Å². The minimum Gasteiger partial charge on any atom is -0.494 e. The predicted molar refractivity (Wildman–Crippen MR) is 140 cm³/mol. The number of aromatic nitrogens is 2. The molecule has 2 aromatic rings. The van der Waals surface area contributed by atoms with Gasteiger partial charge in [0.05, 0.1) is 32.5 Å². The van der Waals surface area contributed by atoms with Crippen molar-refractivity contribution in [2.75, 3.05) is 44.8 Å². The van der Waals surface area contributed by atoms with E-state index in [-0.39, 0.29) is 18.1 Å². The molecule has 37 heavy (non-hydrogen) atoms. The first-order valence-corrected chi connectivity index (χ1v) is 13.9. The van der Waals surface area contributed by atoms with Gasteiger partial charge >= 0.3 is 0 Å². The van der Waals surface area contributed by atoms with Gasteiger partial charge in [0.25, 0.3) is 0 Å². The molecular formula is C29H39FN4O3. The van der Waals surface area contributed by atoms with Crippen molar-refractivity contribution in [2.24, 2.45) is 17.8 Å². The van der Waals surface area contributed by atoms with Crippen LogP contribution in [0.4, 0.5) is 10.3 Å². The van der Waals surface area contributed by atoms with E-state index in [0.29, 0.717) is 29.6 Å². The van der Waals surface area contributed by atoms with Crippen LogP contribution in [-0.4, -0.2) is 60.7 Å². The van der Waals surface area contributed by atoms with E-state index in [9.17, 15) is 9.18 Å². The highest BCUT2D eigenvalue weighted by Gasteiger charge is 2.43. The number of hydrogen-bond donors (Lipinski definition) is 0. The number of rotatable bonds is 9. The summed E-state index contributed by atoms with van der Waals surface area (Å²) in [5.74, 6) is 3.90. The Balaban J connectivity index is 1.02. The number of carbonyl (C=O) groups is 1. The lowest BCUT2D eigenvalue weighted by atomic mass is 9.90. The summed E-state index contributed by atoms with van der Waals surface area (Å²) in [6.07, 6.45) is 12.6. The molecule has 0 bridgehead atoms. The van der Waals surface area contributed by atoms with Crippen molar-refractivity contribution in [2.45, 2.75) is 57.8 Å². The minimum absolute atomic E-state index is 0.0246. The van der Waals surface area contributed by atoms with Gasteiger partial charge in [0, 0.05) is 32.2 Å².